The van der Waals surface area contributed by atoms with E-state index in [1.807, 2.05) is 21.6 Å². The van der Waals surface area contributed by atoms with Crippen LogP contribution in [0.25, 0.3) is 11.2 Å². The van der Waals surface area contributed by atoms with Gasteiger partial charge in [0.15, 0.2) is 11.2 Å². The summed E-state index contributed by atoms with van der Waals surface area (Å²) in [6.07, 6.45) is 4.37. The van der Waals surface area contributed by atoms with Crippen LogP contribution in [0.1, 0.15) is 46.0 Å². The predicted molar refractivity (Wildman–Crippen MR) is 118 cm³/mol. The Balaban J connectivity index is 1.94. The van der Waals surface area contributed by atoms with Gasteiger partial charge in [0, 0.05) is 31.9 Å². The molecule has 30 heavy (non-hydrogen) atoms. The van der Waals surface area contributed by atoms with Crippen molar-refractivity contribution in [1.29, 1.82) is 0 Å². The van der Waals surface area contributed by atoms with Gasteiger partial charge in [-0.3, -0.25) is 13.9 Å². The quantitative estimate of drug-likeness (QED) is 0.645. The number of hydrogen-bond acceptors (Lipinski definition) is 5. The predicted octanol–water partition coefficient (Wildman–Crippen LogP) is 3.21. The van der Waals surface area contributed by atoms with Crippen LogP contribution >= 0.6 is 0 Å². The second-order valence-electron chi connectivity index (χ2n) is 7.86. The maximum Gasteiger partial charge on any atom is 0.332 e. The Morgan fingerprint density at radius 3 is 2.30 bits per heavy atom. The van der Waals surface area contributed by atoms with Crippen LogP contribution in [0.4, 0.5) is 11.6 Å². The molecule has 0 saturated heterocycles. The molecule has 4 rings (SSSR count). The van der Waals surface area contributed by atoms with Crippen molar-refractivity contribution < 1.29 is 5.11 Å². The molecule has 0 spiro atoms. The summed E-state index contributed by atoms with van der Waals surface area (Å²) in [5.74, 6) is 0.883. The Morgan fingerprint density at radius 2 is 1.63 bits per heavy atom. The van der Waals surface area contributed by atoms with E-state index >= 15 is 0 Å². The third kappa shape index (κ3) is 3.40. The number of aryl methyl sites for hydroxylation is 2. The molecule has 3 heterocycles. The Labute approximate surface area is 175 Å². The highest BCUT2D eigenvalue weighted by molar-refractivity contribution is 5.77. The van der Waals surface area contributed by atoms with Crippen molar-refractivity contribution in [3.8, 4) is 5.75 Å². The van der Waals surface area contributed by atoms with Crippen LogP contribution in [0, 0.1) is 0 Å². The molecule has 0 atom stereocenters. The summed E-state index contributed by atoms with van der Waals surface area (Å²) in [7, 11) is 0. The number of phenolic OH excluding ortho intramolecular Hbond substituents is 1. The number of nitrogens with zero attached hydrogens (tertiary/aromatic N) is 5. The van der Waals surface area contributed by atoms with Crippen LogP contribution in [0.2, 0.25) is 0 Å². The molecule has 2 aromatic heterocycles. The van der Waals surface area contributed by atoms with E-state index in [4.69, 9.17) is 4.98 Å². The van der Waals surface area contributed by atoms with Crippen molar-refractivity contribution in [2.75, 3.05) is 11.4 Å². The standard InChI is InChI=1S/C22H29N5O3/c1-3-5-12-26-19-18(20(29)27(22(26)30)13-6-4-2)25-15-7-14-24(21(25)23-19)16-8-10-17(28)11-9-16/h8-11,28H,3-7,12-15H2,1-2H3. The fourth-order valence-electron chi connectivity index (χ4n) is 4.09. The summed E-state index contributed by atoms with van der Waals surface area (Å²) in [4.78, 5) is 33.3. The highest BCUT2D eigenvalue weighted by atomic mass is 16.3. The lowest BCUT2D eigenvalue weighted by Gasteiger charge is -2.29. The summed E-state index contributed by atoms with van der Waals surface area (Å²) in [6.45, 7) is 6.56. The van der Waals surface area contributed by atoms with E-state index < -0.39 is 0 Å². The minimum Gasteiger partial charge on any atom is -0.508 e. The van der Waals surface area contributed by atoms with E-state index in [-0.39, 0.29) is 17.0 Å². The Bertz CT molecular complexity index is 1160. The van der Waals surface area contributed by atoms with E-state index in [9.17, 15) is 14.7 Å². The van der Waals surface area contributed by atoms with Gasteiger partial charge < -0.3 is 14.6 Å². The minimum atomic E-state index is -0.263. The Hall–Kier alpha value is -3.03. The van der Waals surface area contributed by atoms with Crippen molar-refractivity contribution in [2.45, 2.75) is 65.6 Å². The van der Waals surface area contributed by atoms with Gasteiger partial charge in [-0.25, -0.2) is 4.79 Å². The fourth-order valence-corrected chi connectivity index (χ4v) is 4.09. The van der Waals surface area contributed by atoms with Gasteiger partial charge >= 0.3 is 5.69 Å². The molecule has 0 aliphatic carbocycles. The topological polar surface area (TPSA) is 85.3 Å². The van der Waals surface area contributed by atoms with Crippen molar-refractivity contribution in [3.63, 3.8) is 0 Å². The molecule has 8 nitrogen and oxygen atoms in total. The number of hydrogen-bond donors (Lipinski definition) is 1. The molecule has 160 valence electrons. The average Bonchev–Trinajstić information content (AvgIpc) is 3.14. The van der Waals surface area contributed by atoms with E-state index in [2.05, 4.69) is 13.8 Å². The van der Waals surface area contributed by atoms with Crippen LogP contribution in [-0.2, 0) is 19.6 Å². The molecule has 0 saturated carbocycles. The monoisotopic (exact) mass is 411 g/mol. The van der Waals surface area contributed by atoms with Gasteiger partial charge in [-0.05, 0) is 43.5 Å². The van der Waals surface area contributed by atoms with E-state index in [0.29, 0.717) is 36.7 Å². The number of phenols is 1. The molecule has 0 radical (unpaired) electrons. The molecule has 0 amide bonds. The van der Waals surface area contributed by atoms with Crippen molar-refractivity contribution in [1.82, 2.24) is 18.7 Å². The number of benzene rings is 1. The van der Waals surface area contributed by atoms with Gasteiger partial charge in [0.2, 0.25) is 5.95 Å². The maximum atomic E-state index is 13.3. The first kappa shape index (κ1) is 20.3. The van der Waals surface area contributed by atoms with Crippen LogP contribution < -0.4 is 16.1 Å². The minimum absolute atomic E-state index is 0.205. The maximum absolute atomic E-state index is 13.3. The molecule has 3 aromatic rings. The van der Waals surface area contributed by atoms with Crippen LogP contribution in [0.5, 0.6) is 5.75 Å². The van der Waals surface area contributed by atoms with Crippen molar-refractivity contribution >= 4 is 22.8 Å². The molecule has 0 unspecified atom stereocenters. The number of aromatic hydroxyl groups is 1. The van der Waals surface area contributed by atoms with Crippen LogP contribution in [0.15, 0.2) is 33.9 Å². The van der Waals surface area contributed by atoms with E-state index in [0.717, 1.165) is 44.3 Å². The number of unbranched alkanes of at least 4 members (excludes halogenated alkanes) is 2. The zero-order valence-corrected chi connectivity index (χ0v) is 17.7. The molecular weight excluding hydrogens is 382 g/mol. The van der Waals surface area contributed by atoms with Crippen LogP contribution in [-0.4, -0.2) is 30.3 Å². The van der Waals surface area contributed by atoms with Gasteiger partial charge in [-0.1, -0.05) is 26.7 Å². The zero-order chi connectivity index (χ0) is 21.3. The number of rotatable bonds is 7. The van der Waals surface area contributed by atoms with Gasteiger partial charge in [0.25, 0.3) is 5.56 Å². The van der Waals surface area contributed by atoms with Crippen molar-refractivity contribution in [3.05, 3.63) is 45.1 Å². The Kier molecular flexibility index (Phi) is 5.65. The first-order valence-corrected chi connectivity index (χ1v) is 10.9. The Morgan fingerprint density at radius 1 is 0.967 bits per heavy atom. The van der Waals surface area contributed by atoms with Crippen LogP contribution in [0.3, 0.4) is 0 Å². The van der Waals surface area contributed by atoms with Gasteiger partial charge in [0.05, 0.1) is 0 Å². The normalized spacial score (nSPS) is 13.7. The first-order chi connectivity index (χ1) is 14.6. The SMILES string of the molecule is CCCCn1c(=O)c2c(nc3n2CCCN3c2ccc(O)cc2)n(CCCC)c1=O. The molecule has 0 fully saturated rings. The lowest BCUT2D eigenvalue weighted by atomic mass is 10.2. The number of fused-ring (bicyclic) bond motifs is 3. The third-order valence-electron chi connectivity index (χ3n) is 5.73. The number of imidazole rings is 1. The molecule has 8 heteroatoms. The van der Waals surface area contributed by atoms with Gasteiger partial charge in [-0.2, -0.15) is 4.98 Å². The number of aromatic nitrogens is 4. The largest absolute Gasteiger partial charge is 0.508 e. The molecular formula is C22H29N5O3. The average molecular weight is 412 g/mol. The third-order valence-corrected chi connectivity index (χ3v) is 5.73. The lowest BCUT2D eigenvalue weighted by Crippen LogP contribution is -2.41. The summed E-state index contributed by atoms with van der Waals surface area (Å²) in [5, 5.41) is 9.63. The smallest absolute Gasteiger partial charge is 0.332 e. The van der Waals surface area contributed by atoms with Gasteiger partial charge in [0.1, 0.15) is 5.75 Å². The lowest BCUT2D eigenvalue weighted by molar-refractivity contribution is 0.475. The molecule has 1 aliphatic heterocycles. The molecule has 1 aliphatic rings. The summed E-state index contributed by atoms with van der Waals surface area (Å²) in [5.41, 5.74) is 1.38. The summed E-state index contributed by atoms with van der Waals surface area (Å²) >= 11 is 0. The summed E-state index contributed by atoms with van der Waals surface area (Å²) in [6, 6.07) is 6.97. The zero-order valence-electron chi connectivity index (χ0n) is 17.7. The second kappa shape index (κ2) is 8.38. The highest BCUT2D eigenvalue weighted by Crippen LogP contribution is 2.31. The molecule has 1 aromatic carbocycles. The number of anilines is 2. The fraction of sp³-hybridized carbons (Fsp3) is 0.500. The van der Waals surface area contributed by atoms with Crippen molar-refractivity contribution in [2.24, 2.45) is 0 Å². The van der Waals surface area contributed by atoms with E-state index in [1.165, 1.54) is 4.57 Å². The van der Waals surface area contributed by atoms with Gasteiger partial charge in [-0.15, -0.1) is 0 Å². The molecule has 0 bridgehead atoms. The van der Waals surface area contributed by atoms with E-state index in [1.54, 1.807) is 16.7 Å². The summed E-state index contributed by atoms with van der Waals surface area (Å²) < 4.78 is 5.02. The highest BCUT2D eigenvalue weighted by Gasteiger charge is 2.27. The first-order valence-electron chi connectivity index (χ1n) is 10.9. The second-order valence-corrected chi connectivity index (χ2v) is 7.86. The molecule has 1 N–H and O–H groups in total.